The Labute approximate surface area is 129 Å². The Morgan fingerprint density at radius 3 is 2.64 bits per heavy atom. The van der Waals surface area contributed by atoms with Crippen LogP contribution in [0.3, 0.4) is 0 Å². The van der Waals surface area contributed by atoms with E-state index in [0.717, 1.165) is 16.9 Å². The quantitative estimate of drug-likeness (QED) is 0.546. The van der Waals surface area contributed by atoms with Crippen LogP contribution in [0.25, 0.3) is 11.8 Å². The van der Waals surface area contributed by atoms with Crippen LogP contribution in [0, 0.1) is 6.92 Å². The topological polar surface area (TPSA) is 39.8 Å². The minimum absolute atomic E-state index is 0.0164. The van der Waals surface area contributed by atoms with Crippen LogP contribution in [0.15, 0.2) is 61.1 Å². The fraction of sp³-hybridized carbons (Fsp3) is 0.111. The Kier molecular flexibility index (Phi) is 3.74. The molecule has 0 saturated carbocycles. The Hall–Kier alpha value is -2.88. The molecule has 0 aliphatic heterocycles. The summed E-state index contributed by atoms with van der Waals surface area (Å²) in [5, 5.41) is 4.17. The molecule has 2 heterocycles. The van der Waals surface area contributed by atoms with E-state index in [0.29, 0.717) is 5.56 Å². The molecule has 0 radical (unpaired) electrons. The molecule has 0 unspecified atom stereocenters. The van der Waals surface area contributed by atoms with Gasteiger partial charge in [-0.05, 0) is 43.3 Å². The molecule has 0 amide bonds. The van der Waals surface area contributed by atoms with Crippen molar-refractivity contribution in [3.05, 3.63) is 77.9 Å². The predicted molar refractivity (Wildman–Crippen MR) is 87.1 cm³/mol. The first-order valence-electron chi connectivity index (χ1n) is 7.09. The van der Waals surface area contributed by atoms with E-state index in [1.165, 1.54) is 0 Å². The van der Waals surface area contributed by atoms with Crippen molar-refractivity contribution in [3.8, 4) is 5.69 Å². The molecule has 2 aromatic heterocycles. The fourth-order valence-electron chi connectivity index (χ4n) is 2.27. The lowest BCUT2D eigenvalue weighted by molar-refractivity contribution is 0.104. The maximum Gasteiger partial charge on any atom is 0.185 e. The van der Waals surface area contributed by atoms with Crippen LogP contribution in [0.2, 0.25) is 0 Å². The van der Waals surface area contributed by atoms with E-state index in [-0.39, 0.29) is 5.78 Å². The van der Waals surface area contributed by atoms with Crippen molar-refractivity contribution < 1.29 is 4.79 Å². The molecular formula is C18H17N3O. The number of aromatic nitrogens is 3. The van der Waals surface area contributed by atoms with Gasteiger partial charge in [0.15, 0.2) is 5.78 Å². The van der Waals surface area contributed by atoms with Crippen molar-refractivity contribution in [1.29, 1.82) is 0 Å². The Morgan fingerprint density at radius 1 is 1.18 bits per heavy atom. The number of rotatable bonds is 4. The summed E-state index contributed by atoms with van der Waals surface area (Å²) in [6, 6.07) is 11.5. The maximum atomic E-state index is 12.3. The van der Waals surface area contributed by atoms with Crippen LogP contribution < -0.4 is 0 Å². The summed E-state index contributed by atoms with van der Waals surface area (Å²) in [5.41, 5.74) is 3.63. The molecule has 3 rings (SSSR count). The summed E-state index contributed by atoms with van der Waals surface area (Å²) in [5.74, 6) is -0.0164. The molecule has 110 valence electrons. The molecule has 0 spiro atoms. The summed E-state index contributed by atoms with van der Waals surface area (Å²) < 4.78 is 3.77. The molecule has 0 N–H and O–H groups in total. The van der Waals surface area contributed by atoms with E-state index >= 15 is 0 Å². The van der Waals surface area contributed by atoms with Gasteiger partial charge < -0.3 is 4.57 Å². The van der Waals surface area contributed by atoms with Crippen molar-refractivity contribution in [3.63, 3.8) is 0 Å². The van der Waals surface area contributed by atoms with E-state index in [1.807, 2.05) is 73.4 Å². The first kappa shape index (κ1) is 14.1. The fourth-order valence-corrected chi connectivity index (χ4v) is 2.27. The first-order valence-corrected chi connectivity index (χ1v) is 7.09. The average Bonchev–Trinajstić information content (AvgIpc) is 3.17. The molecule has 0 saturated heterocycles. The molecule has 3 aromatic rings. The van der Waals surface area contributed by atoms with Crippen molar-refractivity contribution in [2.45, 2.75) is 6.92 Å². The van der Waals surface area contributed by atoms with Crippen LogP contribution in [0.1, 0.15) is 21.6 Å². The van der Waals surface area contributed by atoms with Crippen LogP contribution in [0.5, 0.6) is 0 Å². The smallest absolute Gasteiger partial charge is 0.185 e. The number of allylic oxidation sites excluding steroid dienone is 1. The third-order valence-corrected chi connectivity index (χ3v) is 3.72. The molecule has 0 atom stereocenters. The van der Waals surface area contributed by atoms with Gasteiger partial charge in [0.25, 0.3) is 0 Å². The van der Waals surface area contributed by atoms with E-state index in [2.05, 4.69) is 5.10 Å². The predicted octanol–water partition coefficient (Wildman–Crippen LogP) is 3.42. The van der Waals surface area contributed by atoms with Crippen molar-refractivity contribution >= 4 is 11.9 Å². The van der Waals surface area contributed by atoms with Gasteiger partial charge in [-0.2, -0.15) is 5.10 Å². The van der Waals surface area contributed by atoms with Gasteiger partial charge in [0.05, 0.1) is 6.20 Å². The second kappa shape index (κ2) is 5.85. The number of aryl methyl sites for hydroxylation is 1. The highest BCUT2D eigenvalue weighted by atomic mass is 16.1. The number of ketones is 1. The molecule has 1 aromatic carbocycles. The monoisotopic (exact) mass is 291 g/mol. The van der Waals surface area contributed by atoms with Crippen LogP contribution in [-0.4, -0.2) is 20.1 Å². The summed E-state index contributed by atoms with van der Waals surface area (Å²) in [6.45, 7) is 1.98. The number of carbonyl (C=O) groups excluding carboxylic acids is 1. The van der Waals surface area contributed by atoms with Gasteiger partial charge in [0.2, 0.25) is 0 Å². The SMILES string of the molecule is Cc1c(/C=C/C(=O)c2cccc(-n3cccc3)c2)cnn1C. The van der Waals surface area contributed by atoms with Gasteiger partial charge in [-0.15, -0.1) is 0 Å². The molecule has 0 bridgehead atoms. The Morgan fingerprint density at radius 2 is 1.95 bits per heavy atom. The zero-order valence-corrected chi connectivity index (χ0v) is 12.6. The minimum atomic E-state index is -0.0164. The minimum Gasteiger partial charge on any atom is -0.324 e. The summed E-state index contributed by atoms with van der Waals surface area (Å²) in [6.07, 6.45) is 9.08. The first-order chi connectivity index (χ1) is 10.6. The van der Waals surface area contributed by atoms with Gasteiger partial charge in [0.1, 0.15) is 0 Å². The lowest BCUT2D eigenvalue weighted by Crippen LogP contribution is -1.97. The van der Waals surface area contributed by atoms with Gasteiger partial charge in [-0.25, -0.2) is 0 Å². The van der Waals surface area contributed by atoms with E-state index in [9.17, 15) is 4.79 Å². The summed E-state index contributed by atoms with van der Waals surface area (Å²) in [4.78, 5) is 12.3. The zero-order valence-electron chi connectivity index (χ0n) is 12.6. The average molecular weight is 291 g/mol. The van der Waals surface area contributed by atoms with Crippen LogP contribution >= 0.6 is 0 Å². The standard InChI is InChI=1S/C18H17N3O/c1-14-16(13-19-20(14)2)8-9-18(22)15-6-5-7-17(12-15)21-10-3-4-11-21/h3-13H,1-2H3/b9-8+. The number of hydrogen-bond donors (Lipinski definition) is 0. The molecular weight excluding hydrogens is 274 g/mol. The molecule has 0 fully saturated rings. The molecule has 0 aliphatic rings. The van der Waals surface area contributed by atoms with E-state index in [1.54, 1.807) is 17.0 Å². The summed E-state index contributed by atoms with van der Waals surface area (Å²) in [7, 11) is 1.88. The second-order valence-corrected chi connectivity index (χ2v) is 5.15. The van der Waals surface area contributed by atoms with Crippen molar-refractivity contribution in [2.75, 3.05) is 0 Å². The highest BCUT2D eigenvalue weighted by molar-refractivity contribution is 6.07. The normalized spacial score (nSPS) is 11.2. The number of hydrogen-bond acceptors (Lipinski definition) is 2. The van der Waals surface area contributed by atoms with Crippen LogP contribution in [-0.2, 0) is 7.05 Å². The zero-order chi connectivity index (χ0) is 15.5. The lowest BCUT2D eigenvalue weighted by Gasteiger charge is -2.04. The highest BCUT2D eigenvalue weighted by Gasteiger charge is 2.05. The molecule has 4 nitrogen and oxygen atoms in total. The molecule has 4 heteroatoms. The summed E-state index contributed by atoms with van der Waals surface area (Å²) >= 11 is 0. The number of nitrogens with zero attached hydrogens (tertiary/aromatic N) is 3. The molecule has 22 heavy (non-hydrogen) atoms. The van der Waals surface area contributed by atoms with Gasteiger partial charge >= 0.3 is 0 Å². The van der Waals surface area contributed by atoms with Crippen molar-refractivity contribution in [1.82, 2.24) is 14.3 Å². The lowest BCUT2D eigenvalue weighted by atomic mass is 10.1. The third-order valence-electron chi connectivity index (χ3n) is 3.72. The third kappa shape index (κ3) is 2.76. The Balaban J connectivity index is 1.84. The number of benzene rings is 1. The van der Waals surface area contributed by atoms with Gasteiger partial charge in [-0.1, -0.05) is 12.1 Å². The van der Waals surface area contributed by atoms with Crippen molar-refractivity contribution in [2.24, 2.45) is 7.05 Å². The maximum absolute atomic E-state index is 12.3. The molecule has 0 aliphatic carbocycles. The van der Waals surface area contributed by atoms with Crippen LogP contribution in [0.4, 0.5) is 0 Å². The van der Waals surface area contributed by atoms with Gasteiger partial charge in [0, 0.05) is 41.9 Å². The van der Waals surface area contributed by atoms with Gasteiger partial charge in [-0.3, -0.25) is 9.48 Å². The highest BCUT2D eigenvalue weighted by Crippen LogP contribution is 2.13. The van der Waals surface area contributed by atoms with E-state index in [4.69, 9.17) is 0 Å². The largest absolute Gasteiger partial charge is 0.324 e. The number of carbonyl (C=O) groups is 1. The Bertz CT molecular complexity index is 826. The second-order valence-electron chi connectivity index (χ2n) is 5.15. The van der Waals surface area contributed by atoms with E-state index < -0.39 is 0 Å².